The van der Waals surface area contributed by atoms with Gasteiger partial charge in [-0.05, 0) is 35.4 Å². The maximum absolute atomic E-state index is 12.5. The van der Waals surface area contributed by atoms with Crippen molar-refractivity contribution in [2.24, 2.45) is 0 Å². The summed E-state index contributed by atoms with van der Waals surface area (Å²) in [6.07, 6.45) is -0.148. The van der Waals surface area contributed by atoms with Crippen LogP contribution in [-0.2, 0) is 24.4 Å². The SMILES string of the molecule is COc1ccc(C2Cn3nnc(C(=O)NCc4ccc(Cl)cc4)c3CO2)cc1. The van der Waals surface area contributed by atoms with Crippen molar-refractivity contribution in [2.75, 3.05) is 7.11 Å². The Bertz CT molecular complexity index is 970. The van der Waals surface area contributed by atoms with Gasteiger partial charge in [-0.25, -0.2) is 4.68 Å². The number of benzene rings is 2. The van der Waals surface area contributed by atoms with Gasteiger partial charge >= 0.3 is 0 Å². The molecule has 1 amide bonds. The van der Waals surface area contributed by atoms with E-state index >= 15 is 0 Å². The van der Waals surface area contributed by atoms with E-state index in [4.69, 9.17) is 21.1 Å². The first-order valence-corrected chi connectivity index (χ1v) is 9.22. The van der Waals surface area contributed by atoms with E-state index in [1.807, 2.05) is 36.4 Å². The van der Waals surface area contributed by atoms with Crippen LogP contribution in [0.2, 0.25) is 5.02 Å². The van der Waals surface area contributed by atoms with Crippen LogP contribution in [0.3, 0.4) is 0 Å². The van der Waals surface area contributed by atoms with Gasteiger partial charge in [-0.2, -0.15) is 0 Å². The Labute approximate surface area is 167 Å². The molecule has 1 unspecified atom stereocenters. The summed E-state index contributed by atoms with van der Waals surface area (Å²) < 4.78 is 12.9. The molecule has 2 aromatic carbocycles. The van der Waals surface area contributed by atoms with Crippen LogP contribution in [0.5, 0.6) is 5.75 Å². The number of carbonyl (C=O) groups excluding carboxylic acids is 1. The number of halogens is 1. The van der Waals surface area contributed by atoms with Gasteiger partial charge in [0.2, 0.25) is 0 Å². The lowest BCUT2D eigenvalue weighted by atomic mass is 10.1. The molecule has 0 bridgehead atoms. The van der Waals surface area contributed by atoms with E-state index in [9.17, 15) is 4.79 Å². The summed E-state index contributed by atoms with van der Waals surface area (Å²) in [5.41, 5.74) is 2.95. The molecule has 0 radical (unpaired) electrons. The van der Waals surface area contributed by atoms with E-state index in [-0.39, 0.29) is 18.6 Å². The summed E-state index contributed by atoms with van der Waals surface area (Å²) in [6.45, 7) is 1.16. The van der Waals surface area contributed by atoms with Crippen LogP contribution < -0.4 is 10.1 Å². The molecule has 2 heterocycles. The number of methoxy groups -OCH3 is 1. The minimum absolute atomic E-state index is 0.148. The average Bonchev–Trinajstić information content (AvgIpc) is 3.16. The Morgan fingerprint density at radius 3 is 2.71 bits per heavy atom. The van der Waals surface area contributed by atoms with Crippen molar-refractivity contribution in [2.45, 2.75) is 25.8 Å². The standard InChI is InChI=1S/C20H19ClN4O3/c1-27-16-8-4-14(5-9-16)18-11-25-17(12-28-18)19(23-24-25)20(26)22-10-13-2-6-15(21)7-3-13/h2-9,18H,10-12H2,1H3,(H,22,26). The average molecular weight is 399 g/mol. The molecule has 4 rings (SSSR count). The predicted molar refractivity (Wildman–Crippen MR) is 103 cm³/mol. The molecule has 0 saturated carbocycles. The third-order valence-corrected chi connectivity index (χ3v) is 4.92. The molecule has 1 aromatic heterocycles. The molecule has 1 aliphatic rings. The van der Waals surface area contributed by atoms with E-state index in [0.29, 0.717) is 29.5 Å². The first-order chi connectivity index (χ1) is 13.6. The number of hydrogen-bond donors (Lipinski definition) is 1. The van der Waals surface area contributed by atoms with Crippen LogP contribution in [0.25, 0.3) is 0 Å². The minimum Gasteiger partial charge on any atom is -0.497 e. The normalized spacial score (nSPS) is 15.7. The summed E-state index contributed by atoms with van der Waals surface area (Å²) in [7, 11) is 1.63. The molecule has 144 valence electrons. The van der Waals surface area contributed by atoms with Crippen molar-refractivity contribution < 1.29 is 14.3 Å². The van der Waals surface area contributed by atoms with Crippen molar-refractivity contribution >= 4 is 17.5 Å². The topological polar surface area (TPSA) is 78.3 Å². The Morgan fingerprint density at radius 2 is 2.00 bits per heavy atom. The lowest BCUT2D eigenvalue weighted by Gasteiger charge is -2.24. The first kappa shape index (κ1) is 18.5. The number of nitrogens with zero attached hydrogens (tertiary/aromatic N) is 3. The quantitative estimate of drug-likeness (QED) is 0.714. The summed E-state index contributed by atoms with van der Waals surface area (Å²) in [5.74, 6) is 0.517. The third-order valence-electron chi connectivity index (χ3n) is 4.67. The third kappa shape index (κ3) is 3.85. The van der Waals surface area contributed by atoms with Crippen molar-refractivity contribution in [1.82, 2.24) is 20.3 Å². The summed E-state index contributed by atoms with van der Waals surface area (Å²) >= 11 is 5.88. The van der Waals surface area contributed by atoms with E-state index in [0.717, 1.165) is 16.9 Å². The smallest absolute Gasteiger partial charge is 0.274 e. The number of rotatable bonds is 5. The highest BCUT2D eigenvalue weighted by atomic mass is 35.5. The van der Waals surface area contributed by atoms with Gasteiger partial charge in [0.1, 0.15) is 11.9 Å². The van der Waals surface area contributed by atoms with Crippen LogP contribution in [0, 0.1) is 0 Å². The Balaban J connectivity index is 1.42. The van der Waals surface area contributed by atoms with Crippen LogP contribution >= 0.6 is 11.6 Å². The lowest BCUT2D eigenvalue weighted by Crippen LogP contribution is -2.27. The maximum Gasteiger partial charge on any atom is 0.274 e. The van der Waals surface area contributed by atoms with E-state index in [1.165, 1.54) is 0 Å². The predicted octanol–water partition coefficient (Wildman–Crippen LogP) is 3.14. The minimum atomic E-state index is -0.275. The summed E-state index contributed by atoms with van der Waals surface area (Å²) in [6, 6.07) is 15.0. The zero-order valence-corrected chi connectivity index (χ0v) is 16.0. The Kier molecular flexibility index (Phi) is 5.27. The van der Waals surface area contributed by atoms with Crippen LogP contribution in [0.15, 0.2) is 48.5 Å². The molecule has 7 nitrogen and oxygen atoms in total. The second kappa shape index (κ2) is 8.00. The number of carbonyl (C=O) groups is 1. The fourth-order valence-electron chi connectivity index (χ4n) is 3.08. The van der Waals surface area contributed by atoms with Crippen LogP contribution in [0.1, 0.15) is 33.4 Å². The van der Waals surface area contributed by atoms with Crippen molar-refractivity contribution in [1.29, 1.82) is 0 Å². The highest BCUT2D eigenvalue weighted by Crippen LogP contribution is 2.28. The number of fused-ring (bicyclic) bond motifs is 1. The Hall–Kier alpha value is -2.90. The molecule has 0 aliphatic carbocycles. The highest BCUT2D eigenvalue weighted by molar-refractivity contribution is 6.30. The molecule has 28 heavy (non-hydrogen) atoms. The zero-order chi connectivity index (χ0) is 19.5. The molecule has 0 saturated heterocycles. The van der Waals surface area contributed by atoms with E-state index in [1.54, 1.807) is 23.9 Å². The van der Waals surface area contributed by atoms with Gasteiger partial charge in [-0.1, -0.05) is 41.1 Å². The second-order valence-corrected chi connectivity index (χ2v) is 6.89. The number of aromatic nitrogens is 3. The number of nitrogens with one attached hydrogen (secondary N) is 1. The molecule has 3 aromatic rings. The van der Waals surface area contributed by atoms with Crippen molar-refractivity contribution in [3.05, 3.63) is 76.1 Å². The highest BCUT2D eigenvalue weighted by Gasteiger charge is 2.27. The molecule has 1 atom stereocenters. The van der Waals surface area contributed by atoms with Crippen LogP contribution in [-0.4, -0.2) is 28.0 Å². The summed E-state index contributed by atoms with van der Waals surface area (Å²) in [5, 5.41) is 11.7. The van der Waals surface area contributed by atoms with Gasteiger partial charge < -0.3 is 14.8 Å². The largest absolute Gasteiger partial charge is 0.497 e. The molecule has 0 fully saturated rings. The molecule has 0 spiro atoms. The number of hydrogen-bond acceptors (Lipinski definition) is 5. The number of ether oxygens (including phenoxy) is 2. The zero-order valence-electron chi connectivity index (χ0n) is 15.3. The van der Waals surface area contributed by atoms with Gasteiger partial charge in [0, 0.05) is 11.6 Å². The molecule has 1 N–H and O–H groups in total. The fourth-order valence-corrected chi connectivity index (χ4v) is 3.20. The van der Waals surface area contributed by atoms with Gasteiger partial charge in [-0.3, -0.25) is 4.79 Å². The van der Waals surface area contributed by atoms with Crippen LogP contribution in [0.4, 0.5) is 0 Å². The summed E-state index contributed by atoms with van der Waals surface area (Å²) in [4.78, 5) is 12.5. The molecule has 1 aliphatic heterocycles. The van der Waals surface area contributed by atoms with Gasteiger partial charge in [0.15, 0.2) is 5.69 Å². The van der Waals surface area contributed by atoms with Crippen molar-refractivity contribution in [3.8, 4) is 5.75 Å². The fraction of sp³-hybridized carbons (Fsp3) is 0.250. The molecule has 8 heteroatoms. The van der Waals surface area contributed by atoms with Gasteiger partial charge in [0.25, 0.3) is 5.91 Å². The van der Waals surface area contributed by atoms with E-state index < -0.39 is 0 Å². The Morgan fingerprint density at radius 1 is 1.25 bits per heavy atom. The van der Waals surface area contributed by atoms with Gasteiger partial charge in [0.05, 0.1) is 26.0 Å². The monoisotopic (exact) mass is 398 g/mol. The number of amides is 1. The second-order valence-electron chi connectivity index (χ2n) is 6.45. The van der Waals surface area contributed by atoms with Gasteiger partial charge in [-0.15, -0.1) is 5.10 Å². The maximum atomic E-state index is 12.5. The first-order valence-electron chi connectivity index (χ1n) is 8.84. The van der Waals surface area contributed by atoms with Crippen molar-refractivity contribution in [3.63, 3.8) is 0 Å². The lowest BCUT2D eigenvalue weighted by molar-refractivity contribution is -0.00179. The molecular formula is C20H19ClN4O3. The van der Waals surface area contributed by atoms with E-state index in [2.05, 4.69) is 15.6 Å². The molecular weight excluding hydrogens is 380 g/mol.